The number of unbranched alkanes of at least 4 members (excludes halogenated alkanes) is 2. The largest absolute Gasteiger partial charge is 0.443 e. The summed E-state index contributed by atoms with van der Waals surface area (Å²) < 4.78 is 8.71. The van der Waals surface area contributed by atoms with Crippen LogP contribution in [0.2, 0.25) is 0 Å². The summed E-state index contributed by atoms with van der Waals surface area (Å²) in [6.45, 7) is 6.08. The standard InChI is InChI=1S/C25H31BrN4O2/c1-3-5-6-9-21-22(17-32-25(31)29-12-7-8-13-29)28-30-20(4-2)10-11-23(30)24(21)18-14-19(26)16-27-15-18/h10-11,14-16H,3-9,12-13,17H2,1-2H3. The zero-order valence-corrected chi connectivity index (χ0v) is 20.5. The summed E-state index contributed by atoms with van der Waals surface area (Å²) >= 11 is 3.58. The van der Waals surface area contributed by atoms with Crippen LogP contribution in [0.25, 0.3) is 16.6 Å². The Morgan fingerprint density at radius 3 is 2.69 bits per heavy atom. The van der Waals surface area contributed by atoms with Crippen molar-refractivity contribution in [3.05, 3.63) is 52.0 Å². The van der Waals surface area contributed by atoms with Gasteiger partial charge in [0.15, 0.2) is 0 Å². The van der Waals surface area contributed by atoms with E-state index in [9.17, 15) is 4.79 Å². The SMILES string of the molecule is CCCCCc1c(COC(=O)N2CCCC2)nn2c(CC)ccc2c1-c1cncc(Br)c1. The number of aryl methyl sites for hydroxylation is 1. The lowest BCUT2D eigenvalue weighted by Crippen LogP contribution is -2.28. The van der Waals surface area contributed by atoms with Crippen LogP contribution in [-0.2, 0) is 24.2 Å². The highest BCUT2D eigenvalue weighted by Crippen LogP contribution is 2.34. The molecule has 4 heterocycles. The number of aromatic nitrogens is 3. The number of carbonyl (C=O) groups is 1. The Kier molecular flexibility index (Phi) is 7.45. The third-order valence-corrected chi connectivity index (χ3v) is 6.58. The van der Waals surface area contributed by atoms with Crippen LogP contribution in [0.5, 0.6) is 0 Å². The van der Waals surface area contributed by atoms with Gasteiger partial charge in [0.2, 0.25) is 0 Å². The topological polar surface area (TPSA) is 59.7 Å². The van der Waals surface area contributed by atoms with Crippen LogP contribution >= 0.6 is 15.9 Å². The third kappa shape index (κ3) is 4.82. The van der Waals surface area contributed by atoms with Gasteiger partial charge in [0, 0.05) is 46.8 Å². The molecular weight excluding hydrogens is 468 g/mol. The molecule has 0 atom stereocenters. The van der Waals surface area contributed by atoms with Crippen LogP contribution < -0.4 is 0 Å². The van der Waals surface area contributed by atoms with E-state index in [1.54, 1.807) is 11.1 Å². The normalized spacial score (nSPS) is 13.8. The van der Waals surface area contributed by atoms with Crippen molar-refractivity contribution in [1.29, 1.82) is 0 Å². The average molecular weight is 499 g/mol. The van der Waals surface area contributed by atoms with Gasteiger partial charge in [0.25, 0.3) is 0 Å². The number of ether oxygens (including phenoxy) is 1. The highest BCUT2D eigenvalue weighted by Gasteiger charge is 2.23. The smallest absolute Gasteiger partial charge is 0.410 e. The van der Waals surface area contributed by atoms with Crippen LogP contribution in [0.4, 0.5) is 4.79 Å². The molecule has 1 aliphatic heterocycles. The Hall–Kier alpha value is -2.41. The van der Waals surface area contributed by atoms with Gasteiger partial charge in [-0.15, -0.1) is 0 Å². The van der Waals surface area contributed by atoms with E-state index in [0.717, 1.165) is 96.1 Å². The summed E-state index contributed by atoms with van der Waals surface area (Å²) in [6, 6.07) is 6.38. The number of hydrogen-bond acceptors (Lipinski definition) is 4. The van der Waals surface area contributed by atoms with Crippen molar-refractivity contribution in [2.45, 2.75) is 65.4 Å². The number of pyridine rings is 1. The summed E-state index contributed by atoms with van der Waals surface area (Å²) in [5.41, 5.74) is 6.38. The molecule has 1 fully saturated rings. The maximum atomic E-state index is 12.6. The van der Waals surface area contributed by atoms with Crippen molar-refractivity contribution < 1.29 is 9.53 Å². The van der Waals surface area contributed by atoms with E-state index < -0.39 is 0 Å². The predicted octanol–water partition coefficient (Wildman–Crippen LogP) is 6.19. The second kappa shape index (κ2) is 10.5. The van der Waals surface area contributed by atoms with Crippen molar-refractivity contribution in [1.82, 2.24) is 19.5 Å². The Morgan fingerprint density at radius 2 is 1.97 bits per heavy atom. The Labute approximate surface area is 198 Å². The van der Waals surface area contributed by atoms with Gasteiger partial charge in [-0.2, -0.15) is 5.10 Å². The average Bonchev–Trinajstić information content (AvgIpc) is 3.47. The molecule has 3 aromatic rings. The molecule has 0 aliphatic carbocycles. The van der Waals surface area contributed by atoms with E-state index in [-0.39, 0.29) is 12.7 Å². The van der Waals surface area contributed by atoms with Crippen molar-refractivity contribution in [3.8, 4) is 11.1 Å². The van der Waals surface area contributed by atoms with Gasteiger partial charge in [0.1, 0.15) is 12.3 Å². The zero-order chi connectivity index (χ0) is 22.5. The predicted molar refractivity (Wildman–Crippen MR) is 130 cm³/mol. The lowest BCUT2D eigenvalue weighted by Gasteiger charge is -2.19. The van der Waals surface area contributed by atoms with E-state index in [1.165, 1.54) is 0 Å². The first-order chi connectivity index (χ1) is 15.6. The van der Waals surface area contributed by atoms with Gasteiger partial charge in [-0.3, -0.25) is 4.98 Å². The summed E-state index contributed by atoms with van der Waals surface area (Å²) in [6.07, 6.45) is 10.7. The quantitative estimate of drug-likeness (QED) is 0.347. The molecule has 0 N–H and O–H groups in total. The maximum absolute atomic E-state index is 12.6. The minimum atomic E-state index is -0.238. The van der Waals surface area contributed by atoms with Crippen LogP contribution in [0.15, 0.2) is 35.1 Å². The Bertz CT molecular complexity index is 1090. The molecule has 0 spiro atoms. The Balaban J connectivity index is 1.80. The molecule has 1 aliphatic rings. The first kappa shape index (κ1) is 22.8. The molecule has 0 unspecified atom stereocenters. The summed E-state index contributed by atoms with van der Waals surface area (Å²) in [4.78, 5) is 18.8. The second-order valence-electron chi connectivity index (χ2n) is 8.37. The minimum Gasteiger partial charge on any atom is -0.443 e. The fourth-order valence-corrected chi connectivity index (χ4v) is 4.82. The van der Waals surface area contributed by atoms with Gasteiger partial charge in [-0.05, 0) is 71.8 Å². The molecule has 1 saturated heterocycles. The van der Waals surface area contributed by atoms with E-state index in [1.807, 2.05) is 10.7 Å². The molecule has 170 valence electrons. The molecular formula is C25H31BrN4O2. The molecule has 0 saturated carbocycles. The first-order valence-electron chi connectivity index (χ1n) is 11.7. The number of halogens is 1. The van der Waals surface area contributed by atoms with Crippen molar-refractivity contribution in [3.63, 3.8) is 0 Å². The summed E-state index contributed by atoms with van der Waals surface area (Å²) in [5.74, 6) is 0. The van der Waals surface area contributed by atoms with E-state index in [2.05, 4.69) is 53.0 Å². The fraction of sp³-hybridized carbons (Fsp3) is 0.480. The van der Waals surface area contributed by atoms with Gasteiger partial charge in [0.05, 0.1) is 5.52 Å². The molecule has 0 radical (unpaired) electrons. The van der Waals surface area contributed by atoms with Gasteiger partial charge in [-0.25, -0.2) is 9.31 Å². The van der Waals surface area contributed by atoms with Gasteiger partial charge in [-0.1, -0.05) is 26.7 Å². The molecule has 0 aromatic carbocycles. The molecule has 0 bridgehead atoms. The highest BCUT2D eigenvalue weighted by molar-refractivity contribution is 9.10. The minimum absolute atomic E-state index is 0.183. The number of carbonyl (C=O) groups excluding carboxylic acids is 1. The highest BCUT2D eigenvalue weighted by atomic mass is 79.9. The number of nitrogens with zero attached hydrogens (tertiary/aromatic N) is 4. The van der Waals surface area contributed by atoms with Crippen LogP contribution in [0.3, 0.4) is 0 Å². The molecule has 1 amide bonds. The summed E-state index contributed by atoms with van der Waals surface area (Å²) in [5, 5.41) is 4.98. The van der Waals surface area contributed by atoms with Crippen molar-refractivity contribution in [2.24, 2.45) is 0 Å². The molecule has 3 aromatic heterocycles. The van der Waals surface area contributed by atoms with Crippen LogP contribution in [0.1, 0.15) is 62.9 Å². The zero-order valence-electron chi connectivity index (χ0n) is 18.9. The number of fused-ring (bicyclic) bond motifs is 1. The first-order valence-corrected chi connectivity index (χ1v) is 12.5. The van der Waals surface area contributed by atoms with Gasteiger partial charge < -0.3 is 9.64 Å². The third-order valence-electron chi connectivity index (χ3n) is 6.14. The fourth-order valence-electron chi connectivity index (χ4n) is 4.45. The number of amides is 1. The number of hydrogen-bond donors (Lipinski definition) is 0. The summed E-state index contributed by atoms with van der Waals surface area (Å²) in [7, 11) is 0. The maximum Gasteiger partial charge on any atom is 0.410 e. The van der Waals surface area contributed by atoms with Crippen molar-refractivity contribution in [2.75, 3.05) is 13.1 Å². The molecule has 6 nitrogen and oxygen atoms in total. The molecule has 32 heavy (non-hydrogen) atoms. The second-order valence-corrected chi connectivity index (χ2v) is 9.29. The number of likely N-dealkylation sites (tertiary alicyclic amines) is 1. The monoisotopic (exact) mass is 498 g/mol. The van der Waals surface area contributed by atoms with Crippen LogP contribution in [-0.4, -0.2) is 38.7 Å². The van der Waals surface area contributed by atoms with E-state index in [0.29, 0.717) is 0 Å². The molecule has 7 heteroatoms. The number of rotatable bonds is 8. The van der Waals surface area contributed by atoms with Crippen molar-refractivity contribution >= 4 is 27.5 Å². The molecule has 4 rings (SSSR count). The van der Waals surface area contributed by atoms with E-state index in [4.69, 9.17) is 9.84 Å². The van der Waals surface area contributed by atoms with E-state index >= 15 is 0 Å². The van der Waals surface area contributed by atoms with Gasteiger partial charge >= 0.3 is 6.09 Å². The lowest BCUT2D eigenvalue weighted by molar-refractivity contribution is 0.102. The Morgan fingerprint density at radius 1 is 1.16 bits per heavy atom. The van der Waals surface area contributed by atoms with Crippen LogP contribution in [0, 0.1) is 0 Å². The lowest BCUT2D eigenvalue weighted by atomic mass is 9.95.